The van der Waals surface area contributed by atoms with Crippen molar-refractivity contribution in [2.45, 2.75) is 6.42 Å². The lowest BCUT2D eigenvalue weighted by Gasteiger charge is -1.95. The Balaban J connectivity index is 2.24. The van der Waals surface area contributed by atoms with Gasteiger partial charge < -0.3 is 20.9 Å². The van der Waals surface area contributed by atoms with Gasteiger partial charge in [0.1, 0.15) is 11.6 Å². The van der Waals surface area contributed by atoms with Crippen molar-refractivity contribution in [3.63, 3.8) is 0 Å². The van der Waals surface area contributed by atoms with Crippen LogP contribution in [-0.4, -0.2) is 24.2 Å². The lowest BCUT2D eigenvalue weighted by molar-refractivity contribution is 0.412. The van der Waals surface area contributed by atoms with E-state index in [0.29, 0.717) is 28.4 Å². The Bertz CT molecular complexity index is 477. The van der Waals surface area contributed by atoms with Crippen molar-refractivity contribution in [3.8, 4) is 10.4 Å². The molecule has 6 nitrogen and oxygen atoms in total. The third-order valence-electron chi connectivity index (χ3n) is 2.09. The lowest BCUT2D eigenvalue weighted by Crippen LogP contribution is -1.94. The molecule has 0 aliphatic carbocycles. The average molecular weight is 272 g/mol. The molecule has 0 aliphatic heterocycles. The Morgan fingerprint density at radius 2 is 1.35 bits per heavy atom. The van der Waals surface area contributed by atoms with Gasteiger partial charge in [-0.1, -0.05) is 22.7 Å². The molecule has 0 fully saturated rings. The Hall–Kier alpha value is -1.54. The number of ether oxygens (including phenoxy) is 2. The van der Waals surface area contributed by atoms with Crippen LogP contribution in [0.2, 0.25) is 0 Å². The van der Waals surface area contributed by atoms with E-state index in [1.165, 1.54) is 22.7 Å². The highest BCUT2D eigenvalue weighted by atomic mass is 32.1. The summed E-state index contributed by atoms with van der Waals surface area (Å²) < 4.78 is 10.1. The van der Waals surface area contributed by atoms with Crippen LogP contribution in [0.3, 0.4) is 0 Å². The number of hydrogen-bond acceptors (Lipinski definition) is 8. The van der Waals surface area contributed by atoms with Crippen molar-refractivity contribution in [2.24, 2.45) is 0 Å². The number of nitrogens with zero attached hydrogens (tertiary/aromatic N) is 2. The molecule has 0 aliphatic rings. The van der Waals surface area contributed by atoms with Crippen molar-refractivity contribution >= 4 is 34.3 Å². The Morgan fingerprint density at radius 3 is 1.65 bits per heavy atom. The summed E-state index contributed by atoms with van der Waals surface area (Å²) in [7, 11) is 3.12. The molecule has 0 radical (unpaired) electrons. The van der Waals surface area contributed by atoms with Crippen LogP contribution in [0.1, 0.15) is 9.75 Å². The van der Waals surface area contributed by atoms with Crippen molar-refractivity contribution < 1.29 is 9.47 Å². The first-order valence-electron chi connectivity index (χ1n) is 4.72. The summed E-state index contributed by atoms with van der Waals surface area (Å²) in [5.41, 5.74) is 11.6. The fraction of sp³-hybridized carbons (Fsp3) is 0.333. The zero-order valence-electron chi connectivity index (χ0n) is 9.39. The highest BCUT2D eigenvalue weighted by molar-refractivity contribution is 7.15. The molecule has 0 atom stereocenters. The second kappa shape index (κ2) is 4.76. The van der Waals surface area contributed by atoms with Gasteiger partial charge in [-0.05, 0) is 0 Å². The maximum atomic E-state index is 5.79. The van der Waals surface area contributed by atoms with Crippen LogP contribution in [0.25, 0.3) is 0 Å². The summed E-state index contributed by atoms with van der Waals surface area (Å²) >= 11 is 2.81. The van der Waals surface area contributed by atoms with Gasteiger partial charge in [0.15, 0.2) is 0 Å². The summed E-state index contributed by atoms with van der Waals surface area (Å²) in [6.45, 7) is 0. The van der Waals surface area contributed by atoms with Gasteiger partial charge >= 0.3 is 0 Å². The van der Waals surface area contributed by atoms with Gasteiger partial charge in [-0.3, -0.25) is 0 Å². The molecule has 2 aromatic heterocycles. The lowest BCUT2D eigenvalue weighted by atomic mass is 10.3. The SMILES string of the molecule is COc1nc(N)c(Cc2sc(OC)nc2N)s1. The van der Waals surface area contributed by atoms with Crippen molar-refractivity contribution in [2.75, 3.05) is 25.7 Å². The number of nitrogen functional groups attached to an aromatic ring is 2. The quantitative estimate of drug-likeness (QED) is 0.872. The van der Waals surface area contributed by atoms with Crippen molar-refractivity contribution in [1.29, 1.82) is 0 Å². The number of hydrogen-bond donors (Lipinski definition) is 2. The molecule has 0 unspecified atom stereocenters. The van der Waals surface area contributed by atoms with Gasteiger partial charge in [-0.15, -0.1) is 0 Å². The van der Waals surface area contributed by atoms with Gasteiger partial charge in [0.2, 0.25) is 0 Å². The molecule has 2 heterocycles. The number of thiazole rings is 2. The standard InChI is InChI=1S/C9H12N4O2S2/c1-14-8-12-6(10)4(16-8)3-5-7(11)13-9(15-2)17-5/h3,10-11H2,1-2H3. The van der Waals surface area contributed by atoms with Gasteiger partial charge in [0.05, 0.1) is 24.0 Å². The van der Waals surface area contributed by atoms with Crippen LogP contribution in [0, 0.1) is 0 Å². The van der Waals surface area contributed by atoms with Crippen LogP contribution in [-0.2, 0) is 6.42 Å². The maximum Gasteiger partial charge on any atom is 0.275 e. The summed E-state index contributed by atoms with van der Waals surface area (Å²) in [5.74, 6) is 0.942. The fourth-order valence-corrected chi connectivity index (χ4v) is 2.96. The van der Waals surface area contributed by atoms with E-state index in [-0.39, 0.29) is 0 Å². The van der Waals surface area contributed by atoms with E-state index in [4.69, 9.17) is 20.9 Å². The molecule has 0 bridgehead atoms. The Kier molecular flexibility index (Phi) is 3.34. The fourth-order valence-electron chi connectivity index (χ4n) is 1.26. The summed E-state index contributed by atoms with van der Waals surface area (Å²) in [6.07, 6.45) is 0.597. The number of methoxy groups -OCH3 is 2. The van der Waals surface area contributed by atoms with E-state index in [9.17, 15) is 0 Å². The van der Waals surface area contributed by atoms with Crippen LogP contribution in [0.4, 0.5) is 11.6 Å². The second-order valence-electron chi connectivity index (χ2n) is 3.16. The molecule has 17 heavy (non-hydrogen) atoms. The predicted octanol–water partition coefficient (Wildman–Crippen LogP) is 1.37. The normalized spacial score (nSPS) is 10.5. The molecule has 0 aromatic carbocycles. The van der Waals surface area contributed by atoms with Crippen LogP contribution in [0.15, 0.2) is 0 Å². The number of nitrogens with two attached hydrogens (primary N) is 2. The van der Waals surface area contributed by atoms with Crippen molar-refractivity contribution in [3.05, 3.63) is 9.75 Å². The molecular formula is C9H12N4O2S2. The minimum absolute atomic E-state index is 0.471. The molecule has 4 N–H and O–H groups in total. The third kappa shape index (κ3) is 2.42. The minimum atomic E-state index is 0.471. The largest absolute Gasteiger partial charge is 0.473 e. The molecule has 0 spiro atoms. The molecule has 0 saturated heterocycles. The molecule has 92 valence electrons. The number of rotatable bonds is 4. The van der Waals surface area contributed by atoms with Gasteiger partial charge in [-0.2, -0.15) is 9.97 Å². The average Bonchev–Trinajstić information content (AvgIpc) is 2.84. The zero-order chi connectivity index (χ0) is 12.4. The van der Waals surface area contributed by atoms with E-state index in [2.05, 4.69) is 9.97 Å². The van der Waals surface area contributed by atoms with Crippen LogP contribution < -0.4 is 20.9 Å². The first-order valence-corrected chi connectivity index (χ1v) is 6.35. The smallest absolute Gasteiger partial charge is 0.275 e. The Morgan fingerprint density at radius 1 is 0.941 bits per heavy atom. The van der Waals surface area contributed by atoms with E-state index in [0.717, 1.165) is 9.75 Å². The summed E-state index contributed by atoms with van der Waals surface area (Å²) in [6, 6.07) is 0. The van der Waals surface area contributed by atoms with E-state index in [1.54, 1.807) is 14.2 Å². The predicted molar refractivity (Wildman–Crippen MR) is 69.0 cm³/mol. The number of aromatic nitrogens is 2. The van der Waals surface area contributed by atoms with Gasteiger partial charge in [0, 0.05) is 6.42 Å². The molecule has 2 rings (SSSR count). The van der Waals surface area contributed by atoms with E-state index < -0.39 is 0 Å². The van der Waals surface area contributed by atoms with Gasteiger partial charge in [0.25, 0.3) is 10.4 Å². The van der Waals surface area contributed by atoms with Crippen LogP contribution in [0.5, 0.6) is 10.4 Å². The summed E-state index contributed by atoms with van der Waals surface area (Å²) in [5, 5.41) is 1.10. The zero-order valence-corrected chi connectivity index (χ0v) is 11.0. The molecule has 0 amide bonds. The Labute approximate surface area is 106 Å². The van der Waals surface area contributed by atoms with Gasteiger partial charge in [-0.25, -0.2) is 0 Å². The first kappa shape index (κ1) is 11.9. The summed E-state index contributed by atoms with van der Waals surface area (Å²) in [4.78, 5) is 9.97. The second-order valence-corrected chi connectivity index (χ2v) is 5.25. The minimum Gasteiger partial charge on any atom is -0.473 e. The topological polar surface area (TPSA) is 96.3 Å². The van der Waals surface area contributed by atoms with Crippen molar-refractivity contribution in [1.82, 2.24) is 9.97 Å². The molecule has 0 saturated carbocycles. The number of anilines is 2. The highest BCUT2D eigenvalue weighted by Gasteiger charge is 2.14. The first-order chi connectivity index (χ1) is 8.13. The van der Waals surface area contributed by atoms with E-state index >= 15 is 0 Å². The third-order valence-corrected chi connectivity index (χ3v) is 4.15. The monoisotopic (exact) mass is 272 g/mol. The van der Waals surface area contributed by atoms with Crippen LogP contribution >= 0.6 is 22.7 Å². The molecular weight excluding hydrogens is 260 g/mol. The maximum absolute atomic E-state index is 5.79. The highest BCUT2D eigenvalue weighted by Crippen LogP contribution is 2.34. The molecule has 2 aromatic rings. The van der Waals surface area contributed by atoms with E-state index in [1.807, 2.05) is 0 Å². The molecule has 8 heteroatoms.